The molecule has 0 atom stereocenters. The third kappa shape index (κ3) is 1210. The molecule has 0 saturated carbocycles. The first-order chi connectivity index (χ1) is 6.88. The van der Waals surface area contributed by atoms with Crippen molar-refractivity contribution >= 4 is 32.2 Å². The summed E-state index contributed by atoms with van der Waals surface area (Å²) >= 11 is 3.24. The number of aliphatic hydroxyl groups excluding tert-OH is 1. The van der Waals surface area contributed by atoms with E-state index >= 15 is 0 Å². The molecule has 16 heavy (non-hydrogen) atoms. The summed E-state index contributed by atoms with van der Waals surface area (Å²) in [6.45, 7) is 1.93. The first-order valence-corrected chi connectivity index (χ1v) is 5.76. The third-order valence-corrected chi connectivity index (χ3v) is 0. The maximum absolute atomic E-state index is 8.89. The lowest BCUT2D eigenvalue weighted by Crippen LogP contribution is -2.51. The number of hydrogen-bond donors (Lipinski definition) is 7. The predicted octanol–water partition coefficient (Wildman–Crippen LogP) is -6.97. The second kappa shape index (κ2) is 16.2. The number of hydrogen-bond acceptors (Lipinski definition) is 5. The molecule has 10 nitrogen and oxygen atoms in total. The van der Waals surface area contributed by atoms with Crippen molar-refractivity contribution in [1.82, 2.24) is 0 Å². The molecule has 0 spiro atoms. The average molecular weight is 278 g/mol. The van der Waals surface area contributed by atoms with Gasteiger partial charge < -0.3 is 14.2 Å². The summed E-state index contributed by atoms with van der Waals surface area (Å²) in [5, 5.41) is 16.7. The zero-order valence-corrected chi connectivity index (χ0v) is 10.3. The van der Waals surface area contributed by atoms with Gasteiger partial charge in [-0.25, -0.2) is 0 Å². The molecule has 0 aromatic heterocycles. The maximum Gasteiger partial charge on any atom is 0.336 e. The fraction of sp³-hybridized carbons (Fsp3) is 0.500. The Balaban J connectivity index is -0.0000000610. The van der Waals surface area contributed by atoms with E-state index in [0.717, 1.165) is 0 Å². The van der Waals surface area contributed by atoms with Crippen LogP contribution in [-0.4, -0.2) is 36.9 Å². The van der Waals surface area contributed by atoms with Crippen molar-refractivity contribution in [1.29, 1.82) is 0 Å². The Morgan fingerprint density at radius 1 is 1.25 bits per heavy atom. The van der Waals surface area contributed by atoms with Gasteiger partial charge in [-0.1, -0.05) is 0 Å². The summed E-state index contributed by atoms with van der Waals surface area (Å²) in [6, 6.07) is 0. The molecule has 100 valence electrons. The van der Waals surface area contributed by atoms with Crippen LogP contribution in [0.25, 0.3) is 0 Å². The molecule has 0 saturated heterocycles. The summed E-state index contributed by atoms with van der Waals surface area (Å²) in [5.74, 6) is -0.167. The molecule has 0 rings (SSSR count). The van der Waals surface area contributed by atoms with Gasteiger partial charge in [0.2, 0.25) is 0 Å². The zero-order valence-electron chi connectivity index (χ0n) is 8.66. The summed E-state index contributed by atoms with van der Waals surface area (Å²) in [5.41, 5.74) is 18.3. The van der Waals surface area contributed by atoms with Crippen LogP contribution in [0.2, 0.25) is 0 Å². The summed E-state index contributed by atoms with van der Waals surface area (Å²) in [6.07, 6.45) is 0. The average Bonchev–Trinajstić information content (AvgIpc) is 1.78. The molecular weight excluding hydrogens is 260 g/mol. The standard InChI is InChI=1S/C2H6O.2CH5N3.H2O3S2/c1-2-3;2*2-1(3)4;1-5(2,3)4/h3H,2H2,1H3;2*(H5,2,3,4);(H2,1,2,3,4). The van der Waals surface area contributed by atoms with Gasteiger partial charge in [0, 0.05) is 6.61 Å². The van der Waals surface area contributed by atoms with Crippen LogP contribution in [-0.2, 0) is 20.2 Å². The van der Waals surface area contributed by atoms with Crippen molar-refractivity contribution in [3.8, 4) is 0 Å². The minimum absolute atomic E-state index is 0.0833. The minimum atomic E-state index is -4.33. The maximum atomic E-state index is 8.89. The third-order valence-electron chi connectivity index (χ3n) is 0. The van der Waals surface area contributed by atoms with E-state index in [4.69, 9.17) is 18.4 Å². The molecule has 13 N–H and O–H groups in total. The number of aliphatic hydroxyl groups is 1. The number of rotatable bonds is 0. The molecule has 0 aromatic carbocycles. The topological polar surface area (TPSA) is 239 Å². The van der Waals surface area contributed by atoms with Crippen LogP contribution in [0.15, 0.2) is 0 Å². The second-order valence-corrected chi connectivity index (χ2v) is 3.77. The van der Waals surface area contributed by atoms with Crippen LogP contribution in [0.4, 0.5) is 0 Å². The van der Waals surface area contributed by atoms with Crippen LogP contribution >= 0.6 is 0 Å². The predicted molar refractivity (Wildman–Crippen MR) is 60.4 cm³/mol. The molecule has 0 bridgehead atoms. The molecule has 0 amide bonds. The van der Waals surface area contributed by atoms with Gasteiger partial charge in [-0.2, -0.15) is 0 Å². The fourth-order valence-corrected chi connectivity index (χ4v) is 0. The Labute approximate surface area is 98.3 Å². The van der Waals surface area contributed by atoms with Crippen LogP contribution in [0.5, 0.6) is 0 Å². The molecule has 0 aliphatic rings. The van der Waals surface area contributed by atoms with Gasteiger partial charge in [-0.3, -0.25) is 38.0 Å². The molecule has 0 unspecified atom stereocenters. The lowest BCUT2D eigenvalue weighted by Gasteiger charge is -2.12. The van der Waals surface area contributed by atoms with Crippen molar-refractivity contribution in [2.45, 2.75) is 6.92 Å². The van der Waals surface area contributed by atoms with Crippen molar-refractivity contribution in [3.05, 3.63) is 0 Å². The Kier molecular flexibility index (Phi) is 24.5. The Hall–Kier alpha value is -1.21. The lowest BCUT2D eigenvalue weighted by atomic mass is 10.9. The van der Waals surface area contributed by atoms with Crippen molar-refractivity contribution in [2.75, 3.05) is 6.61 Å². The van der Waals surface area contributed by atoms with Crippen LogP contribution in [0.1, 0.15) is 6.92 Å². The minimum Gasteiger partial charge on any atom is -0.780 e. The monoisotopic (exact) mass is 278 g/mol. The van der Waals surface area contributed by atoms with Crippen LogP contribution in [0, 0.1) is 0 Å². The second-order valence-electron chi connectivity index (χ2n) is 1.72. The summed E-state index contributed by atoms with van der Waals surface area (Å²) in [7, 11) is -4.33. The van der Waals surface area contributed by atoms with Crippen molar-refractivity contribution < 1.29 is 29.2 Å². The van der Waals surface area contributed by atoms with E-state index in [-0.39, 0.29) is 18.5 Å². The van der Waals surface area contributed by atoms with Gasteiger partial charge in [0.05, 0.1) is 0 Å². The van der Waals surface area contributed by atoms with Crippen molar-refractivity contribution in [2.24, 2.45) is 22.9 Å². The smallest absolute Gasteiger partial charge is 0.336 e. The normalized spacial score (nSPS) is 7.75. The highest BCUT2D eigenvalue weighted by Crippen LogP contribution is 1.60. The molecule has 0 aliphatic heterocycles. The first-order valence-electron chi connectivity index (χ1n) is 3.42. The largest absolute Gasteiger partial charge is 0.780 e. The van der Waals surface area contributed by atoms with E-state index in [1.165, 1.54) is 0 Å². The molecule has 0 radical (unpaired) electrons. The van der Waals surface area contributed by atoms with Gasteiger partial charge in [0.15, 0.2) is 0 Å². The highest BCUT2D eigenvalue weighted by atomic mass is 32.9. The first kappa shape index (κ1) is 24.2. The zero-order chi connectivity index (χ0) is 14.4. The number of nitrogens with two attached hydrogens (primary N) is 6. The number of guanidine groups is 2. The van der Waals surface area contributed by atoms with Gasteiger partial charge in [-0.15, -0.1) is 9.05 Å². The Bertz CT molecular complexity index is 238. The van der Waals surface area contributed by atoms with E-state index in [9.17, 15) is 0 Å². The van der Waals surface area contributed by atoms with E-state index in [1.807, 2.05) is 0 Å². The lowest BCUT2D eigenvalue weighted by molar-refractivity contribution is -0.117. The Morgan fingerprint density at radius 2 is 1.25 bits per heavy atom. The quantitative estimate of drug-likeness (QED) is 0.164. The molecule has 0 heterocycles. The summed E-state index contributed by atoms with van der Waals surface area (Å²) in [4.78, 5) is 0. The van der Waals surface area contributed by atoms with Gasteiger partial charge in [-0.05, 0) is 18.1 Å². The fourth-order valence-electron chi connectivity index (χ4n) is 0. The van der Waals surface area contributed by atoms with E-state index < -0.39 is 9.05 Å². The molecular formula is C4H18N6O4S2. The van der Waals surface area contributed by atoms with Gasteiger partial charge in [0.25, 0.3) is 0 Å². The highest BCUT2D eigenvalue weighted by Gasteiger charge is 1.64. The molecule has 12 heteroatoms. The summed E-state index contributed by atoms with van der Waals surface area (Å²) < 4.78 is 26.7. The van der Waals surface area contributed by atoms with Crippen molar-refractivity contribution in [3.63, 3.8) is 0 Å². The molecule has 0 fully saturated rings. The van der Waals surface area contributed by atoms with Gasteiger partial charge >= 0.3 is 11.9 Å². The molecule has 0 aliphatic carbocycles. The molecule has 0 aromatic rings. The van der Waals surface area contributed by atoms with E-state index in [0.29, 0.717) is 0 Å². The van der Waals surface area contributed by atoms with E-state index in [2.05, 4.69) is 44.9 Å². The Morgan fingerprint density at radius 3 is 1.25 bits per heavy atom. The highest BCUT2D eigenvalue weighted by molar-refractivity contribution is 8.26. The SMILES string of the molecule is CCO.NC(N)=[NH2+].NC(N)=[NH2+].O=S([O-])([O-])=S. The van der Waals surface area contributed by atoms with E-state index in [1.54, 1.807) is 6.92 Å². The van der Waals surface area contributed by atoms with Crippen LogP contribution < -0.4 is 33.8 Å². The van der Waals surface area contributed by atoms with Gasteiger partial charge in [0.1, 0.15) is 0 Å². The van der Waals surface area contributed by atoms with Crippen LogP contribution in [0.3, 0.4) is 0 Å².